The maximum Gasteiger partial charge on any atom is 0.373 e. The molecule has 0 saturated heterocycles. The van der Waals surface area contributed by atoms with Crippen molar-refractivity contribution >= 4 is 6.15 Å². The van der Waals surface area contributed by atoms with Gasteiger partial charge in [-0.3, -0.25) is 0 Å². The van der Waals surface area contributed by atoms with E-state index in [0.29, 0.717) is 0 Å². The Balaban J connectivity index is 0.000000187. The summed E-state index contributed by atoms with van der Waals surface area (Å²) in [5, 5.41) is 0. The van der Waals surface area contributed by atoms with Crippen LogP contribution < -0.4 is 0 Å². The summed E-state index contributed by atoms with van der Waals surface area (Å²) < 4.78 is 0. The van der Waals surface area contributed by atoms with E-state index in [4.69, 9.17) is 9.59 Å². The van der Waals surface area contributed by atoms with Crippen molar-refractivity contribution in [3.63, 3.8) is 0 Å². The van der Waals surface area contributed by atoms with Crippen LogP contribution in [0.15, 0.2) is 12.2 Å². The molecule has 0 heterocycles. The zero-order valence-corrected chi connectivity index (χ0v) is 5.30. The predicted molar refractivity (Wildman–Crippen MR) is 32.6 cm³/mol. The van der Waals surface area contributed by atoms with E-state index in [2.05, 4.69) is 12.2 Å². The van der Waals surface area contributed by atoms with Gasteiger partial charge in [0.15, 0.2) is 0 Å². The molecule has 1 rings (SSSR count). The van der Waals surface area contributed by atoms with Crippen LogP contribution >= 0.6 is 0 Å². The van der Waals surface area contributed by atoms with Gasteiger partial charge in [0, 0.05) is 0 Å². The first kappa shape index (κ1) is 8.12. The summed E-state index contributed by atoms with van der Waals surface area (Å²) in [6.07, 6.45) is 10.2. The standard InChI is InChI=1S/C6H10.CO2/c1-2-4-6-5-3-1;2-1-3/h1-2H,3-6H2;. The van der Waals surface area contributed by atoms with Crippen LogP contribution in [0.2, 0.25) is 0 Å². The molecule has 9 heavy (non-hydrogen) atoms. The number of hydrogen-bond donors (Lipinski definition) is 0. The minimum Gasteiger partial charge on any atom is -0.186 e. The minimum absolute atomic E-state index is 0.250. The molecule has 0 fully saturated rings. The molecule has 1 aliphatic carbocycles. The lowest BCUT2D eigenvalue weighted by molar-refractivity contribution is -0.191. The number of hydrogen-bond acceptors (Lipinski definition) is 2. The third kappa shape index (κ3) is 7.12. The lowest BCUT2D eigenvalue weighted by Crippen LogP contribution is -1.77. The molecule has 1 aliphatic rings. The Labute approximate surface area is 54.6 Å². The van der Waals surface area contributed by atoms with Crippen LogP contribution in [0, 0.1) is 0 Å². The van der Waals surface area contributed by atoms with E-state index in [0.717, 1.165) is 0 Å². The third-order valence-electron chi connectivity index (χ3n) is 1.16. The molecule has 0 aliphatic heterocycles. The van der Waals surface area contributed by atoms with Crippen molar-refractivity contribution in [3.8, 4) is 0 Å². The summed E-state index contributed by atoms with van der Waals surface area (Å²) in [6, 6.07) is 0. The average molecular weight is 126 g/mol. The second kappa shape index (κ2) is 7.12. The fraction of sp³-hybridized carbons (Fsp3) is 0.571. The topological polar surface area (TPSA) is 34.1 Å². The Kier molecular flexibility index (Phi) is 6.42. The van der Waals surface area contributed by atoms with Crippen molar-refractivity contribution in [3.05, 3.63) is 12.2 Å². The molecule has 0 aromatic heterocycles. The van der Waals surface area contributed by atoms with Gasteiger partial charge in [0.25, 0.3) is 0 Å². The predicted octanol–water partition coefficient (Wildman–Crippen LogP) is 1.53. The average Bonchev–Trinajstić information content (AvgIpc) is 1.93. The highest BCUT2D eigenvalue weighted by molar-refractivity contribution is 5.20. The highest BCUT2D eigenvalue weighted by atomic mass is 16.2. The molecule has 0 atom stereocenters. The normalized spacial score (nSPS) is 15.1. The first-order valence-electron chi connectivity index (χ1n) is 3.06. The lowest BCUT2D eigenvalue weighted by atomic mass is 10.1. The maximum atomic E-state index is 8.12. The highest BCUT2D eigenvalue weighted by Crippen LogP contribution is 2.07. The Morgan fingerprint density at radius 3 is 1.44 bits per heavy atom. The van der Waals surface area contributed by atoms with Gasteiger partial charge >= 0.3 is 6.15 Å². The van der Waals surface area contributed by atoms with Gasteiger partial charge in [-0.2, -0.15) is 9.59 Å². The molecule has 0 aromatic rings. The molecule has 0 unspecified atom stereocenters. The summed E-state index contributed by atoms with van der Waals surface area (Å²) >= 11 is 0. The van der Waals surface area contributed by atoms with Crippen LogP contribution in [0.3, 0.4) is 0 Å². The molecule has 2 nitrogen and oxygen atoms in total. The SMILES string of the molecule is C1=CCCCC1.O=C=O. The lowest BCUT2D eigenvalue weighted by Gasteiger charge is -1.97. The summed E-state index contributed by atoms with van der Waals surface area (Å²) in [5.41, 5.74) is 0. The molecule has 0 radical (unpaired) electrons. The fourth-order valence-corrected chi connectivity index (χ4v) is 0.760. The van der Waals surface area contributed by atoms with Crippen molar-refractivity contribution in [2.24, 2.45) is 0 Å². The second-order valence-electron chi connectivity index (χ2n) is 1.84. The van der Waals surface area contributed by atoms with Gasteiger partial charge in [0.2, 0.25) is 0 Å². The molecule has 0 amide bonds. The van der Waals surface area contributed by atoms with Crippen LogP contribution in [0.5, 0.6) is 0 Å². The third-order valence-corrected chi connectivity index (χ3v) is 1.16. The molecule has 50 valence electrons. The highest BCUT2D eigenvalue weighted by Gasteiger charge is 1.87. The summed E-state index contributed by atoms with van der Waals surface area (Å²) in [6.45, 7) is 0. The van der Waals surface area contributed by atoms with E-state index >= 15 is 0 Å². The van der Waals surface area contributed by atoms with Gasteiger partial charge in [0.1, 0.15) is 0 Å². The van der Waals surface area contributed by atoms with Crippen LogP contribution in [-0.2, 0) is 9.59 Å². The Morgan fingerprint density at radius 1 is 1.00 bits per heavy atom. The number of allylic oxidation sites excluding steroid dienone is 2. The van der Waals surface area contributed by atoms with E-state index in [1.54, 1.807) is 0 Å². The van der Waals surface area contributed by atoms with Crippen molar-refractivity contribution in [1.29, 1.82) is 0 Å². The quantitative estimate of drug-likeness (QED) is 0.461. The van der Waals surface area contributed by atoms with Gasteiger partial charge < -0.3 is 0 Å². The second-order valence-corrected chi connectivity index (χ2v) is 1.84. The molecule has 0 N–H and O–H groups in total. The first-order valence-corrected chi connectivity index (χ1v) is 3.06. The molecule has 0 bridgehead atoms. The smallest absolute Gasteiger partial charge is 0.186 e. The number of carbonyl (C=O) groups excluding carboxylic acids is 2. The Morgan fingerprint density at radius 2 is 1.33 bits per heavy atom. The van der Waals surface area contributed by atoms with Crippen molar-refractivity contribution in [2.45, 2.75) is 25.7 Å². The van der Waals surface area contributed by atoms with E-state index in [9.17, 15) is 0 Å². The molecule has 0 spiro atoms. The molecule has 0 saturated carbocycles. The van der Waals surface area contributed by atoms with Gasteiger partial charge in [-0.25, -0.2) is 0 Å². The number of rotatable bonds is 0. The van der Waals surface area contributed by atoms with Crippen molar-refractivity contribution in [2.75, 3.05) is 0 Å². The zero-order chi connectivity index (χ0) is 6.95. The van der Waals surface area contributed by atoms with Crippen LogP contribution in [0.4, 0.5) is 0 Å². The van der Waals surface area contributed by atoms with Gasteiger partial charge in [0.05, 0.1) is 0 Å². The maximum absolute atomic E-state index is 8.12. The van der Waals surface area contributed by atoms with Crippen LogP contribution in [0.1, 0.15) is 25.7 Å². The first-order chi connectivity index (χ1) is 4.41. The summed E-state index contributed by atoms with van der Waals surface area (Å²) in [7, 11) is 0. The molecule has 2 heteroatoms. The van der Waals surface area contributed by atoms with Crippen LogP contribution in [0.25, 0.3) is 0 Å². The van der Waals surface area contributed by atoms with Gasteiger partial charge in [-0.15, -0.1) is 0 Å². The Hall–Kier alpha value is -0.880. The molecule has 0 aromatic carbocycles. The molecular formula is C7H10O2. The van der Waals surface area contributed by atoms with Crippen LogP contribution in [-0.4, -0.2) is 6.15 Å². The zero-order valence-electron chi connectivity index (χ0n) is 5.30. The van der Waals surface area contributed by atoms with Gasteiger partial charge in [-0.05, 0) is 25.7 Å². The summed E-state index contributed by atoms with van der Waals surface area (Å²) in [5.74, 6) is 0. The minimum atomic E-state index is 0.250. The van der Waals surface area contributed by atoms with E-state index in [1.807, 2.05) is 0 Å². The molecular weight excluding hydrogens is 116 g/mol. The van der Waals surface area contributed by atoms with E-state index in [1.165, 1.54) is 25.7 Å². The van der Waals surface area contributed by atoms with Crippen molar-refractivity contribution < 1.29 is 9.59 Å². The monoisotopic (exact) mass is 126 g/mol. The van der Waals surface area contributed by atoms with E-state index < -0.39 is 0 Å². The van der Waals surface area contributed by atoms with E-state index in [-0.39, 0.29) is 6.15 Å². The fourth-order valence-electron chi connectivity index (χ4n) is 0.760. The van der Waals surface area contributed by atoms with Crippen molar-refractivity contribution in [1.82, 2.24) is 0 Å². The van der Waals surface area contributed by atoms with Gasteiger partial charge in [-0.1, -0.05) is 12.2 Å². The Bertz CT molecular complexity index is 102. The summed E-state index contributed by atoms with van der Waals surface area (Å²) in [4.78, 5) is 16.2. The largest absolute Gasteiger partial charge is 0.373 e.